The van der Waals surface area contributed by atoms with E-state index < -0.39 is 5.78 Å². The zero-order chi connectivity index (χ0) is 10.0. The zero-order valence-corrected chi connectivity index (χ0v) is 8.62. The maximum absolute atomic E-state index is 11.1. The van der Waals surface area contributed by atoms with Crippen molar-refractivity contribution in [3.8, 4) is 5.75 Å². The highest BCUT2D eigenvalue weighted by Crippen LogP contribution is 2.30. The van der Waals surface area contributed by atoms with Crippen LogP contribution in [0.4, 0.5) is 0 Å². The lowest BCUT2D eigenvalue weighted by molar-refractivity contribution is 0.101. The van der Waals surface area contributed by atoms with Gasteiger partial charge in [-0.3, -0.25) is 4.79 Å². The molecule has 0 amide bonds. The van der Waals surface area contributed by atoms with Crippen LogP contribution in [0.25, 0.3) is 0 Å². The molecule has 0 saturated carbocycles. The number of benzene rings is 1. The van der Waals surface area contributed by atoms with Crippen LogP contribution >= 0.6 is 34.8 Å². The van der Waals surface area contributed by atoms with Crippen LogP contribution in [0, 0.1) is 0 Å². The minimum atomic E-state index is -0.391. The number of alkyl halides is 1. The number of Topliss-reactive ketones (excluding diaryl/α,β-unsaturated/α-hetero) is 1. The second-order valence-electron chi connectivity index (χ2n) is 2.34. The fraction of sp³-hybridized carbons (Fsp3) is 0.125. The predicted molar refractivity (Wildman–Crippen MR) is 53.2 cm³/mol. The number of rotatable bonds is 2. The van der Waals surface area contributed by atoms with Gasteiger partial charge < -0.3 is 5.11 Å². The maximum Gasteiger partial charge on any atom is 0.181 e. The van der Waals surface area contributed by atoms with E-state index in [0.717, 1.165) is 0 Å². The molecule has 0 radical (unpaired) electrons. The van der Waals surface area contributed by atoms with Crippen LogP contribution in [0.5, 0.6) is 5.75 Å². The van der Waals surface area contributed by atoms with Crippen LogP contribution in [0.1, 0.15) is 10.4 Å². The normalized spacial score (nSPS) is 10.1. The molecule has 1 N–H and O–H groups in total. The van der Waals surface area contributed by atoms with Crippen molar-refractivity contribution in [2.24, 2.45) is 0 Å². The Morgan fingerprint density at radius 3 is 2.38 bits per heavy atom. The van der Waals surface area contributed by atoms with Crippen LogP contribution in [0.15, 0.2) is 12.1 Å². The minimum Gasteiger partial charge on any atom is -0.507 e. The fourth-order valence-corrected chi connectivity index (χ4v) is 1.30. The number of hydrogen-bond acceptors (Lipinski definition) is 2. The summed E-state index contributed by atoms with van der Waals surface area (Å²) in [6.07, 6.45) is 0. The molecule has 0 aliphatic heterocycles. The summed E-state index contributed by atoms with van der Waals surface area (Å²) >= 11 is 16.6. The number of carbonyl (C=O) groups excluding carboxylic acids is 1. The Kier molecular flexibility index (Phi) is 3.42. The Balaban J connectivity index is 3.23. The average Bonchev–Trinajstić information content (AvgIpc) is 2.10. The maximum atomic E-state index is 11.1. The molecule has 1 aromatic rings. The molecule has 1 rings (SSSR count). The first-order valence-electron chi connectivity index (χ1n) is 3.33. The van der Waals surface area contributed by atoms with Crippen molar-refractivity contribution in [2.75, 3.05) is 5.88 Å². The zero-order valence-electron chi connectivity index (χ0n) is 6.35. The van der Waals surface area contributed by atoms with Gasteiger partial charge in [0.25, 0.3) is 0 Å². The monoisotopic (exact) mass is 238 g/mol. The average molecular weight is 239 g/mol. The molecule has 0 unspecified atom stereocenters. The predicted octanol–water partition coefficient (Wildman–Crippen LogP) is 3.12. The lowest BCUT2D eigenvalue weighted by Crippen LogP contribution is -2.00. The van der Waals surface area contributed by atoms with Gasteiger partial charge in [0.05, 0.1) is 21.5 Å². The van der Waals surface area contributed by atoms with E-state index in [1.807, 2.05) is 0 Å². The SMILES string of the molecule is O=C(CCl)c1cc(Cl)c(Cl)cc1O. The molecule has 0 aliphatic carbocycles. The molecule has 0 heterocycles. The van der Waals surface area contributed by atoms with Gasteiger partial charge in [0.1, 0.15) is 5.75 Å². The van der Waals surface area contributed by atoms with Gasteiger partial charge >= 0.3 is 0 Å². The topological polar surface area (TPSA) is 37.3 Å². The van der Waals surface area contributed by atoms with E-state index in [9.17, 15) is 9.90 Å². The highest BCUT2D eigenvalue weighted by molar-refractivity contribution is 6.42. The quantitative estimate of drug-likeness (QED) is 0.636. The number of phenolic OH excluding ortho intramolecular Hbond substituents is 1. The molecule has 70 valence electrons. The Labute approximate surface area is 90.0 Å². The van der Waals surface area contributed by atoms with Crippen molar-refractivity contribution in [3.05, 3.63) is 27.7 Å². The van der Waals surface area contributed by atoms with Gasteiger partial charge in [-0.1, -0.05) is 23.2 Å². The van der Waals surface area contributed by atoms with Crippen molar-refractivity contribution >= 4 is 40.6 Å². The third-order valence-corrected chi connectivity index (χ3v) is 2.43. The van der Waals surface area contributed by atoms with Gasteiger partial charge in [-0.2, -0.15) is 0 Å². The van der Waals surface area contributed by atoms with Gasteiger partial charge in [0, 0.05) is 6.07 Å². The summed E-state index contributed by atoms with van der Waals surface area (Å²) in [6, 6.07) is 2.51. The third kappa shape index (κ3) is 2.27. The summed E-state index contributed by atoms with van der Waals surface area (Å²) in [5, 5.41) is 9.71. The highest BCUT2D eigenvalue weighted by atomic mass is 35.5. The first-order valence-corrected chi connectivity index (χ1v) is 4.62. The molecule has 5 heteroatoms. The smallest absolute Gasteiger partial charge is 0.181 e. The summed E-state index contributed by atoms with van der Waals surface area (Å²) in [5.41, 5.74) is 0.0874. The van der Waals surface area contributed by atoms with Crippen molar-refractivity contribution in [3.63, 3.8) is 0 Å². The van der Waals surface area contributed by atoms with E-state index >= 15 is 0 Å². The highest BCUT2D eigenvalue weighted by Gasteiger charge is 2.12. The largest absolute Gasteiger partial charge is 0.507 e. The van der Waals surface area contributed by atoms with Crippen LogP contribution < -0.4 is 0 Å². The van der Waals surface area contributed by atoms with Crippen molar-refractivity contribution in [1.29, 1.82) is 0 Å². The minimum absolute atomic E-state index is 0.0874. The first-order chi connectivity index (χ1) is 6.06. The van der Waals surface area contributed by atoms with E-state index in [4.69, 9.17) is 34.8 Å². The van der Waals surface area contributed by atoms with Gasteiger partial charge in [-0.25, -0.2) is 0 Å². The van der Waals surface area contributed by atoms with Gasteiger partial charge in [-0.05, 0) is 6.07 Å². The van der Waals surface area contributed by atoms with Crippen LogP contribution in [0.2, 0.25) is 10.0 Å². The van der Waals surface area contributed by atoms with Gasteiger partial charge in [-0.15, -0.1) is 11.6 Å². The van der Waals surface area contributed by atoms with Crippen molar-refractivity contribution in [1.82, 2.24) is 0 Å². The van der Waals surface area contributed by atoms with Crippen molar-refractivity contribution in [2.45, 2.75) is 0 Å². The Morgan fingerprint density at radius 1 is 1.31 bits per heavy atom. The summed E-state index contributed by atoms with van der Waals surface area (Å²) < 4.78 is 0. The van der Waals surface area contributed by atoms with Crippen molar-refractivity contribution < 1.29 is 9.90 Å². The first kappa shape index (κ1) is 10.6. The fourth-order valence-electron chi connectivity index (χ4n) is 0.832. The molecule has 0 saturated heterocycles. The summed E-state index contributed by atoms with van der Waals surface area (Å²) in [4.78, 5) is 11.1. The molecule has 1 aromatic carbocycles. The number of carbonyl (C=O) groups is 1. The molecule has 0 bridgehead atoms. The number of aromatic hydroxyl groups is 1. The van der Waals surface area contributed by atoms with E-state index in [0.29, 0.717) is 0 Å². The Morgan fingerprint density at radius 2 is 1.85 bits per heavy atom. The van der Waals surface area contributed by atoms with Crippen LogP contribution in [0.3, 0.4) is 0 Å². The molecule has 0 aliphatic rings. The molecule has 13 heavy (non-hydrogen) atoms. The molecular formula is C8H5Cl3O2. The molecule has 0 spiro atoms. The lowest BCUT2D eigenvalue weighted by Gasteiger charge is -2.03. The van der Waals surface area contributed by atoms with E-state index in [1.165, 1.54) is 12.1 Å². The third-order valence-electron chi connectivity index (χ3n) is 1.46. The molecule has 0 aromatic heterocycles. The van der Waals surface area contributed by atoms with Gasteiger partial charge in [0.2, 0.25) is 0 Å². The molecule has 0 atom stereocenters. The number of halogens is 3. The second kappa shape index (κ2) is 4.18. The molecule has 0 fully saturated rings. The summed E-state index contributed by atoms with van der Waals surface area (Å²) in [6.45, 7) is 0. The Bertz CT molecular complexity index is 349. The molecular weight excluding hydrogens is 234 g/mol. The lowest BCUT2D eigenvalue weighted by atomic mass is 10.1. The number of ketones is 1. The van der Waals surface area contributed by atoms with Crippen LogP contribution in [-0.4, -0.2) is 16.8 Å². The van der Waals surface area contributed by atoms with E-state index in [-0.39, 0.29) is 27.2 Å². The standard InChI is InChI=1S/C8H5Cl3O2/c9-3-8(13)4-1-5(10)6(11)2-7(4)12/h1-2,12H,3H2. The van der Waals surface area contributed by atoms with E-state index in [1.54, 1.807) is 0 Å². The summed E-state index contributed by atoms with van der Waals surface area (Å²) in [5.74, 6) is -0.802. The van der Waals surface area contributed by atoms with Gasteiger partial charge in [0.15, 0.2) is 5.78 Å². The van der Waals surface area contributed by atoms with Crippen LogP contribution in [-0.2, 0) is 0 Å². The summed E-state index contributed by atoms with van der Waals surface area (Å²) in [7, 11) is 0. The number of hydrogen-bond donors (Lipinski definition) is 1. The van der Waals surface area contributed by atoms with E-state index in [2.05, 4.69) is 0 Å². The molecule has 2 nitrogen and oxygen atoms in total. The second-order valence-corrected chi connectivity index (χ2v) is 3.42. The number of phenols is 1. The Hall–Kier alpha value is -0.440.